The zero-order chi connectivity index (χ0) is 23.3. The molecule has 1 N–H and O–H groups in total. The summed E-state index contributed by atoms with van der Waals surface area (Å²) in [6.45, 7) is 2.00. The van der Waals surface area contributed by atoms with Gasteiger partial charge in [0.15, 0.2) is 5.76 Å². The van der Waals surface area contributed by atoms with Crippen molar-refractivity contribution in [1.29, 1.82) is 0 Å². The van der Waals surface area contributed by atoms with E-state index in [9.17, 15) is 9.59 Å². The molecule has 1 aliphatic rings. The molecule has 5 heteroatoms. The van der Waals surface area contributed by atoms with Gasteiger partial charge in [-0.05, 0) is 47.6 Å². The summed E-state index contributed by atoms with van der Waals surface area (Å²) in [4.78, 5) is 27.1. The highest BCUT2D eigenvalue weighted by molar-refractivity contribution is 5.96. The second kappa shape index (κ2) is 9.96. The molecule has 0 saturated carbocycles. The van der Waals surface area contributed by atoms with Crippen LogP contribution in [-0.2, 0) is 11.2 Å². The number of para-hydroxylation sites is 1. The number of nitrogens with one attached hydrogen (secondary N) is 1. The fourth-order valence-electron chi connectivity index (χ4n) is 4.54. The van der Waals surface area contributed by atoms with Gasteiger partial charge in [0.2, 0.25) is 5.91 Å². The van der Waals surface area contributed by atoms with Gasteiger partial charge in [-0.25, -0.2) is 0 Å². The van der Waals surface area contributed by atoms with E-state index in [2.05, 4.69) is 29.6 Å². The van der Waals surface area contributed by atoms with E-state index in [1.807, 2.05) is 65.6 Å². The smallest absolute Gasteiger partial charge is 0.289 e. The van der Waals surface area contributed by atoms with Gasteiger partial charge in [-0.2, -0.15) is 0 Å². The molecule has 0 spiro atoms. The van der Waals surface area contributed by atoms with E-state index in [1.165, 1.54) is 5.56 Å². The number of benzene rings is 3. The molecule has 0 aliphatic carbocycles. The molecule has 5 rings (SSSR count). The zero-order valence-electron chi connectivity index (χ0n) is 19.1. The first-order valence-electron chi connectivity index (χ1n) is 11.8. The van der Waals surface area contributed by atoms with Crippen LogP contribution in [-0.4, -0.2) is 36.3 Å². The maximum atomic E-state index is 12.8. The second-order valence-electron chi connectivity index (χ2n) is 8.93. The van der Waals surface area contributed by atoms with Gasteiger partial charge in [0.05, 0.1) is 6.42 Å². The van der Waals surface area contributed by atoms with Crippen LogP contribution < -0.4 is 5.32 Å². The first-order valence-corrected chi connectivity index (χ1v) is 11.8. The van der Waals surface area contributed by atoms with E-state index in [0.717, 1.165) is 34.9 Å². The number of piperidine rings is 1. The number of rotatable bonds is 6. The number of carbonyl (C=O) groups excluding carboxylic acids is 2. The third kappa shape index (κ3) is 5.04. The van der Waals surface area contributed by atoms with Crippen LogP contribution in [0.2, 0.25) is 0 Å². The molecule has 3 aromatic carbocycles. The van der Waals surface area contributed by atoms with Crippen molar-refractivity contribution in [2.24, 2.45) is 5.92 Å². The number of fused-ring (bicyclic) bond motifs is 1. The summed E-state index contributed by atoms with van der Waals surface area (Å²) in [5.74, 6) is 0.751. The van der Waals surface area contributed by atoms with Crippen molar-refractivity contribution in [3.63, 3.8) is 0 Å². The Morgan fingerprint density at radius 3 is 2.26 bits per heavy atom. The predicted molar refractivity (Wildman–Crippen MR) is 133 cm³/mol. The van der Waals surface area contributed by atoms with Crippen molar-refractivity contribution in [2.75, 3.05) is 19.6 Å². The summed E-state index contributed by atoms with van der Waals surface area (Å²) < 4.78 is 5.73. The van der Waals surface area contributed by atoms with Crippen LogP contribution in [0, 0.1) is 5.92 Å². The van der Waals surface area contributed by atoms with Crippen LogP contribution in [0.4, 0.5) is 0 Å². The third-order valence-electron chi connectivity index (χ3n) is 6.55. The second-order valence-corrected chi connectivity index (χ2v) is 8.93. The minimum Gasteiger partial charge on any atom is -0.451 e. The summed E-state index contributed by atoms with van der Waals surface area (Å²) >= 11 is 0. The summed E-state index contributed by atoms with van der Waals surface area (Å²) in [5, 5.41) is 4.02. The molecule has 172 valence electrons. The Kier molecular flexibility index (Phi) is 6.43. The van der Waals surface area contributed by atoms with Crippen LogP contribution >= 0.6 is 0 Å². The molecule has 1 aliphatic heterocycles. The van der Waals surface area contributed by atoms with Crippen LogP contribution in [0.3, 0.4) is 0 Å². The highest BCUT2D eigenvalue weighted by Gasteiger charge is 2.26. The SMILES string of the molecule is O=C(Cc1ccc(-c2ccccc2)cc1)NCC1CCN(C(=O)c2cc3ccccc3o2)CC1. The highest BCUT2D eigenvalue weighted by atomic mass is 16.3. The van der Waals surface area contributed by atoms with Gasteiger partial charge < -0.3 is 14.6 Å². The maximum absolute atomic E-state index is 12.8. The van der Waals surface area contributed by atoms with Crippen molar-refractivity contribution in [3.8, 4) is 11.1 Å². The van der Waals surface area contributed by atoms with E-state index >= 15 is 0 Å². The van der Waals surface area contributed by atoms with Crippen LogP contribution in [0.25, 0.3) is 22.1 Å². The Labute approximate surface area is 199 Å². The number of nitrogens with zero attached hydrogens (tertiary/aromatic N) is 1. The molecule has 0 bridgehead atoms. The van der Waals surface area contributed by atoms with Crippen molar-refractivity contribution in [3.05, 3.63) is 96.3 Å². The Bertz CT molecular complexity index is 1240. The van der Waals surface area contributed by atoms with Crippen molar-refractivity contribution in [2.45, 2.75) is 19.3 Å². The molecule has 1 aromatic heterocycles. The minimum atomic E-state index is -0.0577. The van der Waals surface area contributed by atoms with Gasteiger partial charge in [0.25, 0.3) is 5.91 Å². The summed E-state index contributed by atoms with van der Waals surface area (Å²) in [7, 11) is 0. The first kappa shape index (κ1) is 22.0. The van der Waals surface area contributed by atoms with E-state index in [4.69, 9.17) is 4.42 Å². The molecular weight excluding hydrogens is 424 g/mol. The Hall–Kier alpha value is -3.86. The number of furan rings is 1. The first-order chi connectivity index (χ1) is 16.7. The third-order valence-corrected chi connectivity index (χ3v) is 6.55. The standard InChI is InChI=1S/C29H28N2O3/c32-28(18-21-10-12-24(13-11-21)23-6-2-1-3-7-23)30-20-22-14-16-31(17-15-22)29(33)27-19-25-8-4-5-9-26(25)34-27/h1-13,19,22H,14-18,20H2,(H,30,32). The number of likely N-dealkylation sites (tertiary alicyclic amines) is 1. The topological polar surface area (TPSA) is 62.6 Å². The van der Waals surface area contributed by atoms with Gasteiger partial charge in [0.1, 0.15) is 5.58 Å². The maximum Gasteiger partial charge on any atom is 0.289 e. The normalized spacial score (nSPS) is 14.3. The number of hydrogen-bond donors (Lipinski definition) is 1. The molecule has 2 amide bonds. The van der Waals surface area contributed by atoms with Gasteiger partial charge in [-0.1, -0.05) is 72.8 Å². The van der Waals surface area contributed by atoms with Crippen LogP contribution in [0.5, 0.6) is 0 Å². The monoisotopic (exact) mass is 452 g/mol. The molecule has 4 aromatic rings. The molecule has 34 heavy (non-hydrogen) atoms. The fraction of sp³-hybridized carbons (Fsp3) is 0.241. The van der Waals surface area contributed by atoms with Gasteiger partial charge in [0, 0.05) is 25.0 Å². The average molecular weight is 453 g/mol. The van der Waals surface area contributed by atoms with Crippen molar-refractivity contribution < 1.29 is 14.0 Å². The van der Waals surface area contributed by atoms with Crippen molar-refractivity contribution >= 4 is 22.8 Å². The predicted octanol–water partition coefficient (Wildman–Crippen LogP) is 5.31. The fourth-order valence-corrected chi connectivity index (χ4v) is 4.54. The van der Waals surface area contributed by atoms with Crippen LogP contribution in [0.1, 0.15) is 29.0 Å². The highest BCUT2D eigenvalue weighted by Crippen LogP contribution is 2.23. The molecule has 1 saturated heterocycles. The lowest BCUT2D eigenvalue weighted by atomic mass is 9.96. The number of hydrogen-bond acceptors (Lipinski definition) is 3. The molecule has 2 heterocycles. The molecule has 5 nitrogen and oxygen atoms in total. The zero-order valence-corrected chi connectivity index (χ0v) is 19.1. The number of carbonyl (C=O) groups is 2. The van der Waals surface area contributed by atoms with Crippen LogP contribution in [0.15, 0.2) is 89.3 Å². The lowest BCUT2D eigenvalue weighted by Gasteiger charge is -2.31. The van der Waals surface area contributed by atoms with Gasteiger partial charge >= 0.3 is 0 Å². The molecule has 1 fully saturated rings. The average Bonchev–Trinajstić information content (AvgIpc) is 3.33. The summed E-state index contributed by atoms with van der Waals surface area (Å²) in [6.07, 6.45) is 2.12. The minimum absolute atomic E-state index is 0.0354. The van der Waals surface area contributed by atoms with Gasteiger partial charge in [-0.15, -0.1) is 0 Å². The number of amides is 2. The quantitative estimate of drug-likeness (QED) is 0.431. The molecule has 0 radical (unpaired) electrons. The van der Waals surface area contributed by atoms with E-state index in [-0.39, 0.29) is 11.8 Å². The summed E-state index contributed by atoms with van der Waals surface area (Å²) in [6, 6.07) is 27.8. The Balaban J connectivity index is 1.07. The summed E-state index contributed by atoms with van der Waals surface area (Å²) in [5.41, 5.74) is 4.05. The van der Waals surface area contributed by atoms with Gasteiger partial charge in [-0.3, -0.25) is 9.59 Å². The van der Waals surface area contributed by atoms with E-state index < -0.39 is 0 Å². The lowest BCUT2D eigenvalue weighted by Crippen LogP contribution is -2.41. The Morgan fingerprint density at radius 2 is 1.53 bits per heavy atom. The molecule has 0 atom stereocenters. The molecular formula is C29H28N2O3. The molecule has 0 unspecified atom stereocenters. The largest absolute Gasteiger partial charge is 0.451 e. The van der Waals surface area contributed by atoms with E-state index in [1.54, 1.807) is 0 Å². The lowest BCUT2D eigenvalue weighted by molar-refractivity contribution is -0.120. The van der Waals surface area contributed by atoms with E-state index in [0.29, 0.717) is 37.7 Å². The Morgan fingerprint density at radius 1 is 0.853 bits per heavy atom. The van der Waals surface area contributed by atoms with Crippen molar-refractivity contribution in [1.82, 2.24) is 10.2 Å².